The smallest absolute Gasteiger partial charge is 0.240 e. The number of halogens is 1. The fraction of sp³-hybridized carbons (Fsp3) is 0.0952. The fourth-order valence-corrected chi connectivity index (χ4v) is 2.84. The Bertz CT molecular complexity index is 782. The van der Waals surface area contributed by atoms with Gasteiger partial charge in [0, 0.05) is 0 Å². The normalized spacial score (nSPS) is 10.5. The van der Waals surface area contributed by atoms with Crippen LogP contribution in [0, 0.1) is 0 Å². The zero-order chi connectivity index (χ0) is 17.5. The van der Waals surface area contributed by atoms with Crippen molar-refractivity contribution in [2.24, 2.45) is 0 Å². The molecule has 0 aliphatic heterocycles. The molecule has 3 rings (SSSR count). The van der Waals surface area contributed by atoms with E-state index in [0.717, 1.165) is 16.8 Å². The molecule has 0 heterocycles. The van der Waals surface area contributed by atoms with Crippen LogP contribution in [0.15, 0.2) is 84.9 Å². The molecule has 126 valence electrons. The van der Waals surface area contributed by atoms with Crippen LogP contribution >= 0.6 is 11.6 Å². The van der Waals surface area contributed by atoms with Crippen molar-refractivity contribution >= 4 is 23.2 Å². The van der Waals surface area contributed by atoms with E-state index < -0.39 is 0 Å². The highest BCUT2D eigenvalue weighted by Crippen LogP contribution is 2.22. The average Bonchev–Trinajstić information content (AvgIpc) is 2.67. The summed E-state index contributed by atoms with van der Waals surface area (Å²) in [7, 11) is 0. The lowest BCUT2D eigenvalue weighted by atomic mass is 9.99. The molecule has 0 aliphatic rings. The summed E-state index contributed by atoms with van der Waals surface area (Å²) in [6.07, 6.45) is 0. The van der Waals surface area contributed by atoms with Crippen molar-refractivity contribution < 1.29 is 4.79 Å². The Morgan fingerprint density at radius 1 is 0.800 bits per heavy atom. The number of rotatable bonds is 6. The number of nitrogens with one attached hydrogen (secondary N) is 2. The minimum atomic E-state index is -0.192. The maximum atomic E-state index is 12.5. The molecule has 0 saturated heterocycles. The molecule has 0 atom stereocenters. The molecule has 0 spiro atoms. The quantitative estimate of drug-likeness (QED) is 0.679. The summed E-state index contributed by atoms with van der Waals surface area (Å²) in [5.41, 5.74) is 2.83. The van der Waals surface area contributed by atoms with Crippen LogP contribution in [-0.2, 0) is 4.79 Å². The summed E-state index contributed by atoms with van der Waals surface area (Å²) in [6, 6.07) is 27.0. The summed E-state index contributed by atoms with van der Waals surface area (Å²) in [5, 5.41) is 6.77. The molecule has 0 bridgehead atoms. The van der Waals surface area contributed by atoms with Crippen molar-refractivity contribution in [1.29, 1.82) is 0 Å². The van der Waals surface area contributed by atoms with Gasteiger partial charge < -0.3 is 10.6 Å². The van der Waals surface area contributed by atoms with E-state index >= 15 is 0 Å². The van der Waals surface area contributed by atoms with E-state index in [2.05, 4.69) is 10.6 Å². The van der Waals surface area contributed by atoms with Crippen molar-refractivity contribution in [3.05, 3.63) is 101 Å². The molecule has 0 radical (unpaired) electrons. The van der Waals surface area contributed by atoms with Crippen molar-refractivity contribution in [3.63, 3.8) is 0 Å². The van der Waals surface area contributed by atoms with E-state index in [1.807, 2.05) is 78.9 Å². The van der Waals surface area contributed by atoms with Gasteiger partial charge in [-0.05, 0) is 23.3 Å². The van der Waals surface area contributed by atoms with Crippen LogP contribution in [0.3, 0.4) is 0 Å². The number of hydrogen-bond acceptors (Lipinski definition) is 2. The molecule has 3 nitrogen and oxygen atoms in total. The van der Waals surface area contributed by atoms with E-state index in [9.17, 15) is 4.79 Å². The molecule has 0 unspecified atom stereocenters. The topological polar surface area (TPSA) is 41.1 Å². The second-order valence-corrected chi connectivity index (χ2v) is 6.06. The number of carbonyl (C=O) groups is 1. The maximum absolute atomic E-state index is 12.5. The molecule has 4 heteroatoms. The van der Waals surface area contributed by atoms with E-state index in [-0.39, 0.29) is 18.5 Å². The predicted octanol–water partition coefficient (Wildman–Crippen LogP) is 4.66. The second-order valence-electron chi connectivity index (χ2n) is 5.66. The van der Waals surface area contributed by atoms with Crippen LogP contribution in [0.5, 0.6) is 0 Å². The van der Waals surface area contributed by atoms with E-state index in [0.29, 0.717) is 5.02 Å². The van der Waals surface area contributed by atoms with Crippen LogP contribution < -0.4 is 10.6 Å². The van der Waals surface area contributed by atoms with Crippen molar-refractivity contribution in [2.45, 2.75) is 6.04 Å². The summed E-state index contributed by atoms with van der Waals surface area (Å²) in [4.78, 5) is 12.5. The summed E-state index contributed by atoms with van der Waals surface area (Å²) in [5.74, 6) is -0.0994. The highest BCUT2D eigenvalue weighted by molar-refractivity contribution is 6.33. The third kappa shape index (κ3) is 4.61. The fourth-order valence-electron chi connectivity index (χ4n) is 2.64. The summed E-state index contributed by atoms with van der Waals surface area (Å²) >= 11 is 6.11. The van der Waals surface area contributed by atoms with Gasteiger partial charge in [-0.15, -0.1) is 0 Å². The van der Waals surface area contributed by atoms with Crippen LogP contribution in [0.4, 0.5) is 5.69 Å². The molecule has 3 aromatic rings. The summed E-state index contributed by atoms with van der Waals surface area (Å²) in [6.45, 7) is 0.153. The van der Waals surface area contributed by atoms with E-state index in [4.69, 9.17) is 11.6 Å². The first-order chi connectivity index (χ1) is 12.2. The number of anilines is 1. The largest absolute Gasteiger partial charge is 0.375 e. The standard InChI is InChI=1S/C21H19ClN2O/c22-18-13-7-8-14-19(18)23-15-20(25)24-21(16-9-3-1-4-10-16)17-11-5-2-6-12-17/h1-14,21,23H,15H2,(H,24,25). The molecular weight excluding hydrogens is 332 g/mol. The van der Waals surface area contributed by atoms with Crippen molar-refractivity contribution in [1.82, 2.24) is 5.32 Å². The predicted molar refractivity (Wildman–Crippen MR) is 103 cm³/mol. The highest BCUT2D eigenvalue weighted by Gasteiger charge is 2.16. The minimum Gasteiger partial charge on any atom is -0.375 e. The Morgan fingerprint density at radius 2 is 1.32 bits per heavy atom. The molecule has 0 saturated carbocycles. The third-order valence-electron chi connectivity index (χ3n) is 3.88. The zero-order valence-electron chi connectivity index (χ0n) is 13.7. The number of carbonyl (C=O) groups excluding carboxylic acids is 1. The van der Waals surface area contributed by atoms with E-state index in [1.165, 1.54) is 0 Å². The lowest BCUT2D eigenvalue weighted by Crippen LogP contribution is -2.34. The average molecular weight is 351 g/mol. The van der Waals surface area contributed by atoms with Gasteiger partial charge in [-0.3, -0.25) is 4.79 Å². The van der Waals surface area contributed by atoms with Crippen LogP contribution in [-0.4, -0.2) is 12.5 Å². The number of benzene rings is 3. The van der Waals surface area contributed by atoms with Crippen LogP contribution in [0.25, 0.3) is 0 Å². The Hall–Kier alpha value is -2.78. The molecule has 0 fully saturated rings. The van der Waals surface area contributed by atoms with Crippen LogP contribution in [0.1, 0.15) is 17.2 Å². The summed E-state index contributed by atoms with van der Waals surface area (Å²) < 4.78 is 0. The van der Waals surface area contributed by atoms with Gasteiger partial charge in [0.2, 0.25) is 5.91 Å². The molecule has 0 aromatic heterocycles. The second kappa shape index (κ2) is 8.36. The van der Waals surface area contributed by atoms with Gasteiger partial charge in [-0.2, -0.15) is 0 Å². The SMILES string of the molecule is O=C(CNc1ccccc1Cl)NC(c1ccccc1)c1ccccc1. The van der Waals surface area contributed by atoms with Gasteiger partial charge >= 0.3 is 0 Å². The lowest BCUT2D eigenvalue weighted by Gasteiger charge is -2.20. The monoisotopic (exact) mass is 350 g/mol. The lowest BCUT2D eigenvalue weighted by molar-refractivity contribution is -0.119. The Morgan fingerprint density at radius 3 is 1.88 bits per heavy atom. The van der Waals surface area contributed by atoms with Gasteiger partial charge in [0.15, 0.2) is 0 Å². The molecule has 3 aromatic carbocycles. The van der Waals surface area contributed by atoms with Crippen molar-refractivity contribution in [2.75, 3.05) is 11.9 Å². The Labute approximate surface area is 152 Å². The minimum absolute atomic E-state index is 0.0994. The number of hydrogen-bond donors (Lipinski definition) is 2. The first-order valence-electron chi connectivity index (χ1n) is 8.11. The van der Waals surface area contributed by atoms with Crippen molar-refractivity contribution in [3.8, 4) is 0 Å². The van der Waals surface area contributed by atoms with Gasteiger partial charge in [-0.25, -0.2) is 0 Å². The first-order valence-corrected chi connectivity index (χ1v) is 8.49. The third-order valence-corrected chi connectivity index (χ3v) is 4.21. The highest BCUT2D eigenvalue weighted by atomic mass is 35.5. The molecule has 1 amide bonds. The van der Waals surface area contributed by atoms with Gasteiger partial charge in [0.25, 0.3) is 0 Å². The molecule has 2 N–H and O–H groups in total. The maximum Gasteiger partial charge on any atom is 0.240 e. The van der Waals surface area contributed by atoms with Gasteiger partial charge in [0.1, 0.15) is 0 Å². The van der Waals surface area contributed by atoms with E-state index in [1.54, 1.807) is 6.07 Å². The Balaban J connectivity index is 1.72. The first kappa shape index (κ1) is 17.1. The zero-order valence-corrected chi connectivity index (χ0v) is 14.4. The van der Waals surface area contributed by atoms with Gasteiger partial charge in [0.05, 0.1) is 23.3 Å². The number of amides is 1. The molecular formula is C21H19ClN2O. The van der Waals surface area contributed by atoms with Crippen LogP contribution in [0.2, 0.25) is 5.02 Å². The molecule has 25 heavy (non-hydrogen) atoms. The van der Waals surface area contributed by atoms with Gasteiger partial charge in [-0.1, -0.05) is 84.4 Å². The number of para-hydroxylation sites is 1. The molecule has 0 aliphatic carbocycles. The Kier molecular flexibility index (Phi) is 5.70.